The third-order valence-corrected chi connectivity index (χ3v) is 2.56. The Bertz CT molecular complexity index is 465. The molecule has 1 aliphatic rings. The molecule has 2 aromatic rings. The summed E-state index contributed by atoms with van der Waals surface area (Å²) in [7, 11) is 0. The van der Waals surface area contributed by atoms with E-state index < -0.39 is 0 Å². The number of rotatable bonds is 3. The summed E-state index contributed by atoms with van der Waals surface area (Å²) < 4.78 is 5.16. The van der Waals surface area contributed by atoms with Crippen LogP contribution < -0.4 is 5.32 Å². The van der Waals surface area contributed by atoms with Crippen molar-refractivity contribution in [3.63, 3.8) is 0 Å². The molecule has 1 fully saturated rings. The minimum absolute atomic E-state index is 0.461. The van der Waals surface area contributed by atoms with Crippen molar-refractivity contribution in [2.75, 3.05) is 13.1 Å². The molecule has 0 saturated carbocycles. The first-order valence-corrected chi connectivity index (χ1v) is 5.22. The van der Waals surface area contributed by atoms with Gasteiger partial charge in [0, 0.05) is 18.8 Å². The van der Waals surface area contributed by atoms with Gasteiger partial charge in [0.1, 0.15) is 0 Å². The van der Waals surface area contributed by atoms with Gasteiger partial charge in [-0.2, -0.15) is 4.98 Å². The number of hydrogen-bond acceptors (Lipinski definition) is 6. The van der Waals surface area contributed by atoms with Crippen LogP contribution in [-0.2, 0) is 6.42 Å². The molecule has 0 radical (unpaired) electrons. The highest BCUT2D eigenvalue weighted by molar-refractivity contribution is 5.40. The minimum Gasteiger partial charge on any atom is -0.339 e. The zero-order valence-corrected chi connectivity index (χ0v) is 8.63. The van der Waals surface area contributed by atoms with Gasteiger partial charge in [0.25, 0.3) is 0 Å². The molecule has 0 amide bonds. The second-order valence-electron chi connectivity index (χ2n) is 3.81. The first-order valence-electron chi connectivity index (χ1n) is 5.22. The van der Waals surface area contributed by atoms with E-state index >= 15 is 0 Å². The molecule has 0 bridgehead atoms. The van der Waals surface area contributed by atoms with Crippen LogP contribution in [0.15, 0.2) is 23.0 Å². The second-order valence-corrected chi connectivity index (χ2v) is 3.81. The average molecular weight is 217 g/mol. The van der Waals surface area contributed by atoms with Crippen LogP contribution in [0.3, 0.4) is 0 Å². The fraction of sp³-hybridized carbons (Fsp3) is 0.400. The van der Waals surface area contributed by atoms with Crippen molar-refractivity contribution in [2.24, 2.45) is 5.92 Å². The molecule has 82 valence electrons. The lowest BCUT2D eigenvalue weighted by Gasteiger charge is -2.25. The number of hydrogen-bond donors (Lipinski definition) is 1. The lowest BCUT2D eigenvalue weighted by molar-refractivity contribution is 0.296. The summed E-state index contributed by atoms with van der Waals surface area (Å²) in [5, 5.41) is 7.07. The monoisotopic (exact) mass is 217 g/mol. The van der Waals surface area contributed by atoms with Gasteiger partial charge in [-0.25, -0.2) is 9.97 Å². The van der Waals surface area contributed by atoms with E-state index in [1.54, 1.807) is 18.5 Å². The molecule has 3 rings (SSSR count). The van der Waals surface area contributed by atoms with Gasteiger partial charge in [-0.3, -0.25) is 0 Å². The van der Waals surface area contributed by atoms with Gasteiger partial charge >= 0.3 is 0 Å². The van der Waals surface area contributed by atoms with Crippen molar-refractivity contribution in [2.45, 2.75) is 6.42 Å². The molecule has 2 aromatic heterocycles. The molecule has 6 nitrogen and oxygen atoms in total. The molecule has 0 aromatic carbocycles. The maximum absolute atomic E-state index is 5.16. The third-order valence-electron chi connectivity index (χ3n) is 2.56. The summed E-state index contributed by atoms with van der Waals surface area (Å²) in [5.74, 6) is 2.24. The molecule has 0 spiro atoms. The average Bonchev–Trinajstić information content (AvgIpc) is 2.73. The normalized spacial score (nSPS) is 16.0. The number of aromatic nitrogens is 4. The Morgan fingerprint density at radius 3 is 2.75 bits per heavy atom. The van der Waals surface area contributed by atoms with E-state index in [9.17, 15) is 0 Å². The van der Waals surface area contributed by atoms with Gasteiger partial charge < -0.3 is 9.84 Å². The summed E-state index contributed by atoms with van der Waals surface area (Å²) in [4.78, 5) is 12.4. The SMILES string of the molecule is c1cnc(-c2noc(CC3CNC3)n2)nc1. The zero-order chi connectivity index (χ0) is 10.8. The molecule has 3 heterocycles. The van der Waals surface area contributed by atoms with Crippen LogP contribution in [0.1, 0.15) is 5.89 Å². The van der Waals surface area contributed by atoms with Gasteiger partial charge in [-0.05, 0) is 25.1 Å². The lowest BCUT2D eigenvalue weighted by atomic mass is 10.00. The summed E-state index contributed by atoms with van der Waals surface area (Å²) in [5.41, 5.74) is 0. The number of nitrogens with one attached hydrogen (secondary N) is 1. The summed E-state index contributed by atoms with van der Waals surface area (Å²) in [6.07, 6.45) is 4.15. The lowest BCUT2D eigenvalue weighted by Crippen LogP contribution is -2.43. The predicted molar refractivity (Wildman–Crippen MR) is 55.4 cm³/mol. The van der Waals surface area contributed by atoms with E-state index in [1.165, 1.54) is 0 Å². The molecule has 0 unspecified atom stereocenters. The first kappa shape index (κ1) is 9.41. The highest BCUT2D eigenvalue weighted by Crippen LogP contribution is 2.14. The van der Waals surface area contributed by atoms with Crippen molar-refractivity contribution in [1.82, 2.24) is 25.4 Å². The Balaban J connectivity index is 1.77. The molecular weight excluding hydrogens is 206 g/mol. The summed E-state index contributed by atoms with van der Waals surface area (Å²) >= 11 is 0. The van der Waals surface area contributed by atoms with Crippen LogP contribution in [0, 0.1) is 5.92 Å². The second kappa shape index (κ2) is 3.97. The Hall–Kier alpha value is -1.82. The topological polar surface area (TPSA) is 76.7 Å². The van der Waals surface area contributed by atoms with Crippen LogP contribution in [0.4, 0.5) is 0 Å². The standard InChI is InChI=1S/C10H11N5O/c1-2-12-9(13-3-1)10-14-8(16-15-10)4-7-5-11-6-7/h1-3,7,11H,4-6H2. The fourth-order valence-corrected chi connectivity index (χ4v) is 1.58. The van der Waals surface area contributed by atoms with Gasteiger partial charge in [0.15, 0.2) is 0 Å². The van der Waals surface area contributed by atoms with Gasteiger partial charge in [0.2, 0.25) is 17.5 Å². The van der Waals surface area contributed by atoms with Crippen molar-refractivity contribution in [3.05, 3.63) is 24.4 Å². The van der Waals surface area contributed by atoms with Gasteiger partial charge in [0.05, 0.1) is 0 Å². The van der Waals surface area contributed by atoms with Gasteiger partial charge in [-0.15, -0.1) is 0 Å². The molecule has 1 aliphatic heterocycles. The van der Waals surface area contributed by atoms with E-state index in [0.717, 1.165) is 19.5 Å². The summed E-state index contributed by atoms with van der Waals surface area (Å²) in [6.45, 7) is 2.05. The van der Waals surface area contributed by atoms with Crippen LogP contribution in [0.2, 0.25) is 0 Å². The maximum atomic E-state index is 5.16. The van der Waals surface area contributed by atoms with E-state index in [4.69, 9.17) is 4.52 Å². The zero-order valence-electron chi connectivity index (χ0n) is 8.63. The van der Waals surface area contributed by atoms with Crippen molar-refractivity contribution in [1.29, 1.82) is 0 Å². The molecule has 1 N–H and O–H groups in total. The van der Waals surface area contributed by atoms with Crippen LogP contribution in [-0.4, -0.2) is 33.2 Å². The Morgan fingerprint density at radius 2 is 2.06 bits per heavy atom. The quantitative estimate of drug-likeness (QED) is 0.796. The third kappa shape index (κ3) is 1.79. The number of nitrogens with zero attached hydrogens (tertiary/aromatic N) is 4. The first-order chi connectivity index (χ1) is 7.92. The van der Waals surface area contributed by atoms with Gasteiger partial charge in [-0.1, -0.05) is 5.16 Å². The highest BCUT2D eigenvalue weighted by atomic mass is 16.5. The molecular formula is C10H11N5O. The Morgan fingerprint density at radius 1 is 1.25 bits per heavy atom. The molecule has 0 aliphatic carbocycles. The fourth-order valence-electron chi connectivity index (χ4n) is 1.58. The van der Waals surface area contributed by atoms with Crippen molar-refractivity contribution < 1.29 is 4.52 Å². The van der Waals surface area contributed by atoms with Crippen LogP contribution in [0.25, 0.3) is 11.6 Å². The van der Waals surface area contributed by atoms with Crippen molar-refractivity contribution in [3.8, 4) is 11.6 Å². The molecule has 1 saturated heterocycles. The van der Waals surface area contributed by atoms with Crippen LogP contribution >= 0.6 is 0 Å². The minimum atomic E-state index is 0.461. The highest BCUT2D eigenvalue weighted by Gasteiger charge is 2.20. The van der Waals surface area contributed by atoms with E-state index in [1.807, 2.05) is 0 Å². The Kier molecular flexibility index (Phi) is 2.34. The summed E-state index contributed by atoms with van der Waals surface area (Å²) in [6, 6.07) is 1.75. The predicted octanol–water partition coefficient (Wildman–Crippen LogP) is 0.288. The molecule has 6 heteroatoms. The van der Waals surface area contributed by atoms with Crippen LogP contribution in [0.5, 0.6) is 0 Å². The smallest absolute Gasteiger partial charge is 0.240 e. The van der Waals surface area contributed by atoms with Crippen molar-refractivity contribution >= 4 is 0 Å². The largest absolute Gasteiger partial charge is 0.339 e. The maximum Gasteiger partial charge on any atom is 0.240 e. The molecule has 0 atom stereocenters. The Labute approximate surface area is 92.1 Å². The van der Waals surface area contributed by atoms with E-state index in [2.05, 4.69) is 25.4 Å². The van der Waals surface area contributed by atoms with E-state index in [-0.39, 0.29) is 0 Å². The molecule has 16 heavy (non-hydrogen) atoms. The van der Waals surface area contributed by atoms with E-state index in [0.29, 0.717) is 23.5 Å².